The third kappa shape index (κ3) is 6.66. The van der Waals surface area contributed by atoms with E-state index >= 15 is 0 Å². The molecule has 1 saturated carbocycles. The molecule has 3 rings (SSSR count). The second kappa shape index (κ2) is 11.6. The van der Waals surface area contributed by atoms with Crippen molar-refractivity contribution >= 4 is 24.7 Å². The molecule has 174 valence electrons. The van der Waals surface area contributed by atoms with Gasteiger partial charge in [-0.15, -0.1) is 0 Å². The fourth-order valence-corrected chi connectivity index (χ4v) is 4.84. The minimum atomic E-state index is -1.07. The number of fused-ring (bicyclic) bond motifs is 1. The fourth-order valence-electron chi connectivity index (χ4n) is 4.84. The Balaban J connectivity index is 1.40. The molecule has 0 radical (unpaired) electrons. The van der Waals surface area contributed by atoms with Gasteiger partial charge in [0.1, 0.15) is 11.5 Å². The molecule has 2 N–H and O–H groups in total. The largest absolute Gasteiger partial charge is 0.535 e. The first kappa shape index (κ1) is 24.5. The molecule has 1 fully saturated rings. The summed E-state index contributed by atoms with van der Waals surface area (Å²) in [7, 11) is 0.334. The summed E-state index contributed by atoms with van der Waals surface area (Å²) in [5.74, 6) is 0.438. The second-order valence-corrected chi connectivity index (χ2v) is 9.12. The molecule has 0 amide bonds. The molecule has 1 aromatic rings. The normalized spacial score (nSPS) is 22.6. The highest BCUT2D eigenvalue weighted by molar-refractivity contribution is 6.47. The molecule has 0 bridgehead atoms. The summed E-state index contributed by atoms with van der Waals surface area (Å²) < 4.78 is 10.3. The maximum absolute atomic E-state index is 12.7. The van der Waals surface area contributed by atoms with Gasteiger partial charge in [-0.05, 0) is 69.5 Å². The Bertz CT molecular complexity index is 821. The predicted octanol–water partition coefficient (Wildman–Crippen LogP) is 3.13. The summed E-state index contributed by atoms with van der Waals surface area (Å²) >= 11 is 0. The Morgan fingerprint density at radius 3 is 2.62 bits per heavy atom. The van der Waals surface area contributed by atoms with Gasteiger partial charge in [0.2, 0.25) is 0 Å². The van der Waals surface area contributed by atoms with E-state index in [0.717, 1.165) is 44.2 Å². The highest BCUT2D eigenvalue weighted by Gasteiger charge is 2.37. The van der Waals surface area contributed by atoms with Crippen LogP contribution in [-0.2, 0) is 20.7 Å². The molecule has 1 aliphatic heterocycles. The lowest BCUT2D eigenvalue weighted by molar-refractivity contribution is -0.140. The first-order chi connectivity index (χ1) is 15.4. The van der Waals surface area contributed by atoms with E-state index in [1.54, 1.807) is 6.07 Å². The lowest BCUT2D eigenvalue weighted by atomic mass is 9.64. The molecule has 0 saturated heterocycles. The lowest BCUT2D eigenvalue weighted by Gasteiger charge is -2.30. The van der Waals surface area contributed by atoms with E-state index in [2.05, 4.69) is 10.1 Å². The van der Waals surface area contributed by atoms with Crippen molar-refractivity contribution in [1.82, 2.24) is 5.32 Å². The zero-order valence-corrected chi connectivity index (χ0v) is 19.1. The molecule has 32 heavy (non-hydrogen) atoms. The number of ketones is 2. The van der Waals surface area contributed by atoms with Gasteiger partial charge in [0.25, 0.3) is 0 Å². The molecular weight excluding hydrogens is 409 g/mol. The average Bonchev–Trinajstić information content (AvgIpc) is 2.77. The van der Waals surface area contributed by atoms with Gasteiger partial charge >= 0.3 is 13.1 Å². The zero-order valence-electron chi connectivity index (χ0n) is 19.1. The van der Waals surface area contributed by atoms with Gasteiger partial charge in [-0.2, -0.15) is 0 Å². The Labute approximate surface area is 190 Å². The Morgan fingerprint density at radius 2 is 1.94 bits per heavy atom. The Kier molecular flexibility index (Phi) is 8.88. The summed E-state index contributed by atoms with van der Waals surface area (Å²) in [6.45, 7) is 2.28. The smallest absolute Gasteiger partial charge is 0.526 e. The van der Waals surface area contributed by atoms with Crippen LogP contribution in [0.5, 0.6) is 5.75 Å². The summed E-state index contributed by atoms with van der Waals surface area (Å²) in [6.07, 6.45) is 6.66. The van der Waals surface area contributed by atoms with Crippen LogP contribution in [0.2, 0.25) is 5.82 Å². The average molecular weight is 443 g/mol. The monoisotopic (exact) mass is 443 g/mol. The summed E-state index contributed by atoms with van der Waals surface area (Å²) in [6, 6.07) is 5.85. The molecule has 1 heterocycles. The van der Waals surface area contributed by atoms with E-state index in [0.29, 0.717) is 42.5 Å². The van der Waals surface area contributed by atoms with Crippen molar-refractivity contribution in [2.24, 2.45) is 5.92 Å². The number of carbonyl (C=O) groups excluding carboxylic acids is 3. The maximum atomic E-state index is 12.7. The molecule has 0 unspecified atom stereocenters. The highest BCUT2D eigenvalue weighted by atomic mass is 16.5. The van der Waals surface area contributed by atoms with Crippen molar-refractivity contribution in [2.45, 2.75) is 76.6 Å². The quantitative estimate of drug-likeness (QED) is 0.248. The standard InChI is InChI=1S/C24H34BNO6/c1-16(27)22-6-3-5-18-14-19(25(30)32-24(18)22)15-21(28)13-17-8-10-20(11-9-17)26-12-4-7-23(29)31-2/h3,5-6,17,19-20,26,30H,4,7-15H2,1-2H3/t17?,19-,20?/m1/s1. The van der Waals surface area contributed by atoms with E-state index in [4.69, 9.17) is 4.65 Å². The molecule has 8 heteroatoms. The van der Waals surface area contributed by atoms with Crippen molar-refractivity contribution < 1.29 is 28.8 Å². The lowest BCUT2D eigenvalue weighted by Crippen LogP contribution is -2.36. The van der Waals surface area contributed by atoms with Gasteiger partial charge in [-0.25, -0.2) is 0 Å². The first-order valence-corrected chi connectivity index (χ1v) is 11.7. The van der Waals surface area contributed by atoms with Crippen molar-refractivity contribution in [3.8, 4) is 5.75 Å². The second-order valence-electron chi connectivity index (χ2n) is 9.12. The summed E-state index contributed by atoms with van der Waals surface area (Å²) in [5.41, 5.74) is 1.35. The molecule has 0 aromatic heterocycles. The third-order valence-corrected chi connectivity index (χ3v) is 6.67. The van der Waals surface area contributed by atoms with Gasteiger partial charge in [-0.3, -0.25) is 14.4 Å². The number of hydrogen-bond donors (Lipinski definition) is 2. The van der Waals surface area contributed by atoms with Crippen LogP contribution in [0.25, 0.3) is 0 Å². The molecule has 1 atom stereocenters. The van der Waals surface area contributed by atoms with Crippen LogP contribution in [0.4, 0.5) is 0 Å². The molecule has 1 aliphatic carbocycles. The van der Waals surface area contributed by atoms with Gasteiger partial charge in [0, 0.05) is 31.1 Å². The van der Waals surface area contributed by atoms with Crippen molar-refractivity contribution in [3.63, 3.8) is 0 Å². The predicted molar refractivity (Wildman–Crippen MR) is 122 cm³/mol. The molecular formula is C24H34BNO6. The number of esters is 1. The van der Waals surface area contributed by atoms with Crippen LogP contribution >= 0.6 is 0 Å². The van der Waals surface area contributed by atoms with Gasteiger partial charge in [0.05, 0.1) is 12.7 Å². The van der Waals surface area contributed by atoms with Crippen LogP contribution in [0.3, 0.4) is 0 Å². The van der Waals surface area contributed by atoms with Gasteiger partial charge < -0.3 is 19.7 Å². The summed E-state index contributed by atoms with van der Waals surface area (Å²) in [4.78, 5) is 35.7. The minimum absolute atomic E-state index is 0.0999. The maximum Gasteiger partial charge on any atom is 0.526 e. The Morgan fingerprint density at radius 1 is 1.19 bits per heavy atom. The molecule has 2 aliphatic rings. The number of nitrogens with one attached hydrogen (secondary N) is 1. The third-order valence-electron chi connectivity index (χ3n) is 6.67. The minimum Gasteiger partial charge on any atom is -0.535 e. The fraction of sp³-hybridized carbons (Fsp3) is 0.625. The Hall–Kier alpha value is -2.19. The van der Waals surface area contributed by atoms with Gasteiger partial charge in [0.15, 0.2) is 5.78 Å². The SMILES string of the molecule is COC(=O)CCCNC1CCC(CC(=O)C[C@H]2Cc3cccc(C(C)=O)c3OB2O)CC1. The van der Waals surface area contributed by atoms with Crippen molar-refractivity contribution in [2.75, 3.05) is 13.7 Å². The first-order valence-electron chi connectivity index (χ1n) is 11.7. The number of ether oxygens (including phenoxy) is 1. The molecule has 0 spiro atoms. The summed E-state index contributed by atoms with van der Waals surface area (Å²) in [5, 5.41) is 13.9. The van der Waals surface area contributed by atoms with E-state index in [9.17, 15) is 19.4 Å². The van der Waals surface area contributed by atoms with E-state index < -0.39 is 7.12 Å². The van der Waals surface area contributed by atoms with E-state index in [-0.39, 0.29) is 29.8 Å². The number of para-hydroxylation sites is 1. The highest BCUT2D eigenvalue weighted by Crippen LogP contribution is 2.37. The number of Topliss-reactive ketones (excluding diaryl/α,β-unsaturated/α-hetero) is 2. The van der Waals surface area contributed by atoms with Crippen LogP contribution in [0.1, 0.15) is 74.2 Å². The number of rotatable bonds is 10. The van der Waals surface area contributed by atoms with Crippen LogP contribution < -0.4 is 9.97 Å². The number of benzene rings is 1. The van der Waals surface area contributed by atoms with Gasteiger partial charge in [-0.1, -0.05) is 12.1 Å². The van der Waals surface area contributed by atoms with Crippen LogP contribution in [0, 0.1) is 5.92 Å². The number of carbonyl (C=O) groups is 3. The number of methoxy groups -OCH3 is 1. The van der Waals surface area contributed by atoms with Crippen LogP contribution in [-0.4, -0.2) is 49.4 Å². The zero-order chi connectivity index (χ0) is 23.1. The van der Waals surface area contributed by atoms with E-state index in [1.165, 1.54) is 14.0 Å². The van der Waals surface area contributed by atoms with E-state index in [1.807, 2.05) is 12.1 Å². The molecule has 7 nitrogen and oxygen atoms in total. The van der Waals surface area contributed by atoms with Crippen molar-refractivity contribution in [1.29, 1.82) is 0 Å². The molecule has 1 aromatic carbocycles. The van der Waals surface area contributed by atoms with Crippen molar-refractivity contribution in [3.05, 3.63) is 29.3 Å². The topological polar surface area (TPSA) is 102 Å². The number of hydrogen-bond acceptors (Lipinski definition) is 7. The van der Waals surface area contributed by atoms with Crippen LogP contribution in [0.15, 0.2) is 18.2 Å².